The molecule has 0 aromatic heterocycles. The summed E-state index contributed by atoms with van der Waals surface area (Å²) in [5, 5.41) is 7.05. The number of guanidine groups is 1. The molecule has 158 valence electrons. The Bertz CT molecular complexity index is 436. The van der Waals surface area contributed by atoms with Crippen molar-refractivity contribution in [2.75, 3.05) is 65.4 Å². The molecule has 0 aromatic rings. The molecule has 27 heavy (non-hydrogen) atoms. The maximum atomic E-state index is 5.56. The van der Waals surface area contributed by atoms with E-state index in [-0.39, 0.29) is 4.75 Å². The van der Waals surface area contributed by atoms with E-state index in [9.17, 15) is 0 Å². The van der Waals surface area contributed by atoms with Crippen LogP contribution < -0.4 is 10.6 Å². The average Bonchev–Trinajstić information content (AvgIpc) is 2.70. The number of aliphatic imine (C=N–C) groups is 1. The van der Waals surface area contributed by atoms with Crippen molar-refractivity contribution in [1.82, 2.24) is 15.5 Å². The molecule has 2 saturated heterocycles. The van der Waals surface area contributed by atoms with Crippen LogP contribution in [0.1, 0.15) is 40.0 Å². The average molecular weight is 401 g/mol. The van der Waals surface area contributed by atoms with E-state index in [1.165, 1.54) is 6.42 Å². The van der Waals surface area contributed by atoms with Gasteiger partial charge in [0.1, 0.15) is 0 Å². The Balaban J connectivity index is 1.95. The van der Waals surface area contributed by atoms with E-state index in [0.29, 0.717) is 12.0 Å². The van der Waals surface area contributed by atoms with Gasteiger partial charge in [0.25, 0.3) is 0 Å². The maximum absolute atomic E-state index is 5.56. The van der Waals surface area contributed by atoms with E-state index in [1.54, 1.807) is 0 Å². The first kappa shape index (κ1) is 22.8. The van der Waals surface area contributed by atoms with Crippen LogP contribution in [-0.4, -0.2) is 87.1 Å². The molecule has 2 heterocycles. The largest absolute Gasteiger partial charge is 0.381 e. The molecule has 2 rings (SSSR count). The third-order valence-electron chi connectivity index (χ3n) is 5.52. The minimum Gasteiger partial charge on any atom is -0.381 e. The Hall–Kier alpha value is -0.500. The molecule has 1 unspecified atom stereocenters. The van der Waals surface area contributed by atoms with Gasteiger partial charge >= 0.3 is 0 Å². The lowest BCUT2D eigenvalue weighted by Crippen LogP contribution is -2.51. The summed E-state index contributed by atoms with van der Waals surface area (Å²) in [7, 11) is 0. The van der Waals surface area contributed by atoms with Crippen LogP contribution in [0.15, 0.2) is 4.99 Å². The summed E-state index contributed by atoms with van der Waals surface area (Å²) in [5.41, 5.74) is 0. The van der Waals surface area contributed by atoms with E-state index >= 15 is 0 Å². The smallest absolute Gasteiger partial charge is 0.191 e. The van der Waals surface area contributed by atoms with Crippen LogP contribution in [0.2, 0.25) is 0 Å². The van der Waals surface area contributed by atoms with Gasteiger partial charge in [0.15, 0.2) is 5.96 Å². The molecule has 1 atom stereocenters. The zero-order chi connectivity index (χ0) is 19.5. The van der Waals surface area contributed by atoms with Crippen LogP contribution in [0, 0.1) is 5.92 Å². The number of hydrogen-bond donors (Lipinski definition) is 2. The van der Waals surface area contributed by atoms with Gasteiger partial charge in [-0.25, -0.2) is 0 Å². The summed E-state index contributed by atoms with van der Waals surface area (Å²) in [4.78, 5) is 7.52. The predicted octanol–water partition coefficient (Wildman–Crippen LogP) is 2.20. The molecule has 0 amide bonds. The third-order valence-corrected chi connectivity index (χ3v) is 6.92. The van der Waals surface area contributed by atoms with Crippen molar-refractivity contribution in [2.24, 2.45) is 10.9 Å². The van der Waals surface area contributed by atoms with Crippen molar-refractivity contribution < 1.29 is 9.47 Å². The fraction of sp³-hybridized carbons (Fsp3) is 0.950. The van der Waals surface area contributed by atoms with Gasteiger partial charge < -0.3 is 20.1 Å². The van der Waals surface area contributed by atoms with Gasteiger partial charge in [0, 0.05) is 50.2 Å². The number of hydrogen-bond acceptors (Lipinski definition) is 5. The molecular weight excluding hydrogens is 360 g/mol. The van der Waals surface area contributed by atoms with Crippen LogP contribution in [0.4, 0.5) is 0 Å². The molecule has 0 saturated carbocycles. The van der Waals surface area contributed by atoms with E-state index in [0.717, 1.165) is 78.0 Å². The normalized spacial score (nSPS) is 22.6. The summed E-state index contributed by atoms with van der Waals surface area (Å²) in [6.45, 7) is 14.9. The van der Waals surface area contributed by atoms with E-state index in [2.05, 4.69) is 42.6 Å². The molecular formula is C20H40N4O2S. The minimum atomic E-state index is 0.224. The van der Waals surface area contributed by atoms with E-state index < -0.39 is 0 Å². The Labute approximate surface area is 170 Å². The predicted molar refractivity (Wildman–Crippen MR) is 116 cm³/mol. The van der Waals surface area contributed by atoms with Gasteiger partial charge in [-0.2, -0.15) is 11.8 Å². The van der Waals surface area contributed by atoms with Gasteiger partial charge in [0.2, 0.25) is 0 Å². The molecule has 7 heteroatoms. The lowest BCUT2D eigenvalue weighted by Gasteiger charge is -2.36. The van der Waals surface area contributed by atoms with Crippen LogP contribution in [0.25, 0.3) is 0 Å². The van der Waals surface area contributed by atoms with Gasteiger partial charge in [-0.05, 0) is 38.4 Å². The minimum absolute atomic E-state index is 0.224. The Morgan fingerprint density at radius 3 is 2.37 bits per heavy atom. The molecule has 0 bridgehead atoms. The highest BCUT2D eigenvalue weighted by molar-refractivity contribution is 8.00. The van der Waals surface area contributed by atoms with E-state index in [4.69, 9.17) is 14.5 Å². The lowest BCUT2D eigenvalue weighted by atomic mass is 9.99. The van der Waals surface area contributed by atoms with Gasteiger partial charge in [-0.3, -0.25) is 9.89 Å². The van der Waals surface area contributed by atoms with Crippen LogP contribution in [0.3, 0.4) is 0 Å². The second-order valence-corrected chi connectivity index (χ2v) is 9.28. The van der Waals surface area contributed by atoms with Gasteiger partial charge in [-0.1, -0.05) is 13.8 Å². The van der Waals surface area contributed by atoms with Crippen molar-refractivity contribution in [3.05, 3.63) is 0 Å². The fourth-order valence-electron chi connectivity index (χ4n) is 3.80. The number of nitrogens with zero attached hydrogens (tertiary/aromatic N) is 2. The summed E-state index contributed by atoms with van der Waals surface area (Å²) < 4.78 is 11.3. The topological polar surface area (TPSA) is 58.1 Å². The summed E-state index contributed by atoms with van der Waals surface area (Å²) in [6.07, 6.45) is 5.57. The molecule has 0 aromatic carbocycles. The van der Waals surface area contributed by atoms with E-state index in [1.807, 2.05) is 11.8 Å². The second kappa shape index (κ2) is 12.1. The first-order valence-corrected chi connectivity index (χ1v) is 11.8. The van der Waals surface area contributed by atoms with Gasteiger partial charge in [-0.15, -0.1) is 0 Å². The Kier molecular flexibility index (Phi) is 10.2. The molecule has 2 N–H and O–H groups in total. The molecule has 6 nitrogen and oxygen atoms in total. The quantitative estimate of drug-likeness (QED) is 0.457. The maximum Gasteiger partial charge on any atom is 0.191 e. The second-order valence-electron chi connectivity index (χ2n) is 8.01. The fourth-order valence-corrected chi connectivity index (χ4v) is 4.57. The first-order valence-electron chi connectivity index (χ1n) is 10.6. The highest BCUT2D eigenvalue weighted by Gasteiger charge is 2.31. The molecule has 2 fully saturated rings. The molecule has 0 spiro atoms. The number of rotatable bonds is 9. The highest BCUT2D eigenvalue weighted by Crippen LogP contribution is 2.33. The standard InChI is InChI=1S/C20H40N4O2S/c1-5-21-19(23-16-20(27-4)6-10-25-11-7-20)22-15-18(14-17(2)3)24-8-12-26-13-9-24/h17-18H,5-16H2,1-4H3,(H2,21,22,23). The zero-order valence-corrected chi connectivity index (χ0v) is 18.6. The van der Waals surface area contributed by atoms with Crippen molar-refractivity contribution >= 4 is 17.7 Å². The summed E-state index contributed by atoms with van der Waals surface area (Å²) >= 11 is 1.94. The van der Waals surface area contributed by atoms with Crippen LogP contribution in [0.5, 0.6) is 0 Å². The molecule has 0 radical (unpaired) electrons. The first-order chi connectivity index (χ1) is 13.1. The Morgan fingerprint density at radius 1 is 1.11 bits per heavy atom. The molecule has 2 aliphatic heterocycles. The van der Waals surface area contributed by atoms with Crippen molar-refractivity contribution in [3.8, 4) is 0 Å². The zero-order valence-electron chi connectivity index (χ0n) is 17.8. The number of thioether (sulfide) groups is 1. The highest BCUT2D eigenvalue weighted by atomic mass is 32.2. The Morgan fingerprint density at radius 2 is 1.78 bits per heavy atom. The number of ether oxygens (including phenoxy) is 2. The monoisotopic (exact) mass is 400 g/mol. The van der Waals surface area contributed by atoms with Crippen molar-refractivity contribution in [1.29, 1.82) is 0 Å². The summed E-state index contributed by atoms with van der Waals surface area (Å²) in [6, 6.07) is 0.523. The van der Waals surface area contributed by atoms with Crippen LogP contribution in [-0.2, 0) is 9.47 Å². The lowest BCUT2D eigenvalue weighted by molar-refractivity contribution is 0.0132. The van der Waals surface area contributed by atoms with Gasteiger partial charge in [0.05, 0.1) is 19.8 Å². The third kappa shape index (κ3) is 7.80. The van der Waals surface area contributed by atoms with Crippen molar-refractivity contribution in [2.45, 2.75) is 50.8 Å². The SMILES string of the molecule is CCNC(=NCC1(SC)CCOCC1)NCC(CC(C)C)N1CCOCC1. The number of morpholine rings is 1. The summed E-state index contributed by atoms with van der Waals surface area (Å²) in [5.74, 6) is 1.63. The number of nitrogens with one attached hydrogen (secondary N) is 2. The molecule has 2 aliphatic rings. The van der Waals surface area contributed by atoms with Crippen LogP contribution >= 0.6 is 11.8 Å². The molecule has 0 aliphatic carbocycles. The van der Waals surface area contributed by atoms with Crippen molar-refractivity contribution in [3.63, 3.8) is 0 Å².